The Morgan fingerprint density at radius 3 is 3.05 bits per heavy atom. The number of thiazole rings is 1. The van der Waals surface area contributed by atoms with E-state index in [1.807, 2.05) is 23.6 Å². The fraction of sp³-hybridized carbons (Fsp3) is 0.286. The molecule has 5 nitrogen and oxygen atoms in total. The maximum absolute atomic E-state index is 5.78. The Morgan fingerprint density at radius 1 is 1.45 bits per heavy atom. The first-order valence-corrected chi connectivity index (χ1v) is 7.26. The Bertz CT molecular complexity index is 554. The number of guanidine groups is 1. The molecular weight excluding hydrogens is 272 g/mol. The van der Waals surface area contributed by atoms with E-state index in [9.17, 15) is 0 Å². The maximum atomic E-state index is 5.78. The summed E-state index contributed by atoms with van der Waals surface area (Å²) in [6, 6.07) is 8.02. The van der Waals surface area contributed by atoms with Crippen molar-refractivity contribution >= 4 is 22.4 Å². The standard InChI is InChI=1S/C14H18N4OS/c1-19-12-7-3-2-5-11(12)6-4-8-16-13(15)18-14-17-9-10-20-14/h2-3,5,7,9-10H,4,6,8H2,1H3,(H3,15,16,17,18). The molecular formula is C14H18N4OS. The van der Waals surface area contributed by atoms with Crippen molar-refractivity contribution in [3.8, 4) is 5.75 Å². The van der Waals surface area contributed by atoms with Crippen LogP contribution < -0.4 is 15.8 Å². The van der Waals surface area contributed by atoms with Crippen LogP contribution in [0.1, 0.15) is 12.0 Å². The minimum absolute atomic E-state index is 0.403. The molecule has 0 bridgehead atoms. The zero-order valence-corrected chi connectivity index (χ0v) is 12.2. The normalized spacial score (nSPS) is 11.3. The van der Waals surface area contributed by atoms with E-state index in [4.69, 9.17) is 10.5 Å². The number of anilines is 1. The molecule has 3 N–H and O–H groups in total. The summed E-state index contributed by atoms with van der Waals surface area (Å²) in [5.41, 5.74) is 6.97. The van der Waals surface area contributed by atoms with E-state index in [1.54, 1.807) is 13.3 Å². The van der Waals surface area contributed by atoms with Gasteiger partial charge in [-0.25, -0.2) is 4.98 Å². The summed E-state index contributed by atoms with van der Waals surface area (Å²) in [7, 11) is 1.69. The lowest BCUT2D eigenvalue weighted by Crippen LogP contribution is -2.22. The second-order valence-electron chi connectivity index (χ2n) is 4.14. The topological polar surface area (TPSA) is 72.5 Å². The largest absolute Gasteiger partial charge is 0.496 e. The number of nitrogens with one attached hydrogen (secondary N) is 1. The second kappa shape index (κ2) is 7.49. The second-order valence-corrected chi connectivity index (χ2v) is 5.04. The summed E-state index contributed by atoms with van der Waals surface area (Å²) in [4.78, 5) is 8.36. The predicted molar refractivity (Wildman–Crippen MR) is 83.5 cm³/mol. The molecule has 0 saturated carbocycles. The van der Waals surface area contributed by atoms with Crippen molar-refractivity contribution in [3.63, 3.8) is 0 Å². The average molecular weight is 290 g/mol. The van der Waals surface area contributed by atoms with Crippen molar-refractivity contribution in [1.29, 1.82) is 0 Å². The zero-order valence-electron chi connectivity index (χ0n) is 11.4. The maximum Gasteiger partial charge on any atom is 0.194 e. The van der Waals surface area contributed by atoms with Gasteiger partial charge in [0.25, 0.3) is 0 Å². The van der Waals surface area contributed by atoms with Crippen molar-refractivity contribution < 1.29 is 4.74 Å². The lowest BCUT2D eigenvalue weighted by atomic mass is 10.1. The third-order valence-corrected chi connectivity index (χ3v) is 3.43. The van der Waals surface area contributed by atoms with Gasteiger partial charge in [-0.3, -0.25) is 4.99 Å². The molecule has 1 heterocycles. The Labute approximate surface area is 122 Å². The molecule has 0 aliphatic heterocycles. The van der Waals surface area contributed by atoms with Crippen LogP contribution in [0.5, 0.6) is 5.75 Å². The molecule has 0 radical (unpaired) electrons. The predicted octanol–water partition coefficient (Wildman–Crippen LogP) is 2.51. The third-order valence-electron chi connectivity index (χ3n) is 2.75. The number of nitrogens with zero attached hydrogens (tertiary/aromatic N) is 2. The zero-order chi connectivity index (χ0) is 14.2. The van der Waals surface area contributed by atoms with Crippen LogP contribution >= 0.6 is 11.3 Å². The van der Waals surface area contributed by atoms with Gasteiger partial charge in [0.1, 0.15) is 5.75 Å². The molecule has 2 rings (SSSR count). The van der Waals surface area contributed by atoms with Gasteiger partial charge in [0.05, 0.1) is 7.11 Å². The first-order valence-electron chi connectivity index (χ1n) is 6.38. The van der Waals surface area contributed by atoms with Crippen LogP contribution in [0.3, 0.4) is 0 Å². The van der Waals surface area contributed by atoms with E-state index in [2.05, 4.69) is 21.4 Å². The summed E-state index contributed by atoms with van der Waals surface area (Å²) >= 11 is 1.49. The molecule has 0 fully saturated rings. The van der Waals surface area contributed by atoms with Gasteiger partial charge in [-0.1, -0.05) is 18.2 Å². The monoisotopic (exact) mass is 290 g/mol. The van der Waals surface area contributed by atoms with Crippen LogP contribution in [0.4, 0.5) is 5.13 Å². The van der Waals surface area contributed by atoms with Crippen LogP contribution in [-0.4, -0.2) is 24.6 Å². The molecule has 0 saturated heterocycles. The molecule has 0 atom stereocenters. The van der Waals surface area contributed by atoms with Crippen LogP contribution in [0, 0.1) is 0 Å². The van der Waals surface area contributed by atoms with Crippen molar-refractivity contribution in [3.05, 3.63) is 41.4 Å². The Morgan fingerprint density at radius 2 is 2.30 bits per heavy atom. The number of rotatable bonds is 6. The van der Waals surface area contributed by atoms with Gasteiger partial charge < -0.3 is 15.8 Å². The van der Waals surface area contributed by atoms with Crippen LogP contribution in [-0.2, 0) is 6.42 Å². The number of ether oxygens (including phenoxy) is 1. The fourth-order valence-corrected chi connectivity index (χ4v) is 2.35. The molecule has 106 valence electrons. The van der Waals surface area contributed by atoms with E-state index in [1.165, 1.54) is 16.9 Å². The summed E-state index contributed by atoms with van der Waals surface area (Å²) in [6.45, 7) is 0.669. The first-order chi connectivity index (χ1) is 9.79. The summed E-state index contributed by atoms with van der Waals surface area (Å²) < 4.78 is 5.31. The van der Waals surface area contributed by atoms with Crippen molar-refractivity contribution in [1.82, 2.24) is 4.98 Å². The third kappa shape index (κ3) is 4.24. The number of para-hydroxylation sites is 1. The number of methoxy groups -OCH3 is 1. The number of hydrogen-bond acceptors (Lipinski definition) is 4. The average Bonchev–Trinajstić information content (AvgIpc) is 2.97. The summed E-state index contributed by atoms with van der Waals surface area (Å²) in [5, 5.41) is 5.60. The number of benzene rings is 1. The highest BCUT2D eigenvalue weighted by Gasteiger charge is 2.01. The number of aliphatic imine (C=N–C) groups is 1. The van der Waals surface area contributed by atoms with Gasteiger partial charge in [0, 0.05) is 18.1 Å². The van der Waals surface area contributed by atoms with Crippen molar-refractivity contribution in [2.75, 3.05) is 19.0 Å². The first kappa shape index (κ1) is 14.3. The highest BCUT2D eigenvalue weighted by Crippen LogP contribution is 2.18. The molecule has 0 unspecified atom stereocenters. The van der Waals surface area contributed by atoms with Gasteiger partial charge in [-0.15, -0.1) is 11.3 Å². The van der Waals surface area contributed by atoms with Gasteiger partial charge in [0.15, 0.2) is 11.1 Å². The summed E-state index contributed by atoms with van der Waals surface area (Å²) in [6.07, 6.45) is 3.56. The SMILES string of the molecule is COc1ccccc1CCCN=C(N)Nc1nccs1. The minimum Gasteiger partial charge on any atom is -0.496 e. The number of aryl methyl sites for hydroxylation is 1. The van der Waals surface area contributed by atoms with E-state index in [0.29, 0.717) is 12.5 Å². The van der Waals surface area contributed by atoms with Crippen LogP contribution in [0.2, 0.25) is 0 Å². The molecule has 0 amide bonds. The minimum atomic E-state index is 0.403. The van der Waals surface area contributed by atoms with Crippen molar-refractivity contribution in [2.45, 2.75) is 12.8 Å². The molecule has 1 aromatic heterocycles. The number of hydrogen-bond donors (Lipinski definition) is 2. The van der Waals surface area contributed by atoms with E-state index in [0.717, 1.165) is 23.7 Å². The lowest BCUT2D eigenvalue weighted by Gasteiger charge is -2.07. The molecule has 0 aliphatic rings. The summed E-state index contributed by atoms with van der Waals surface area (Å²) in [5.74, 6) is 1.32. The van der Waals surface area contributed by atoms with E-state index < -0.39 is 0 Å². The molecule has 1 aromatic carbocycles. The van der Waals surface area contributed by atoms with Crippen LogP contribution in [0.25, 0.3) is 0 Å². The lowest BCUT2D eigenvalue weighted by molar-refractivity contribution is 0.409. The fourth-order valence-electron chi connectivity index (χ4n) is 1.81. The highest BCUT2D eigenvalue weighted by atomic mass is 32.1. The molecule has 6 heteroatoms. The molecule has 2 aromatic rings. The van der Waals surface area contributed by atoms with Gasteiger partial charge in [0.2, 0.25) is 0 Å². The van der Waals surface area contributed by atoms with E-state index in [-0.39, 0.29) is 0 Å². The smallest absolute Gasteiger partial charge is 0.194 e. The Balaban J connectivity index is 1.78. The van der Waals surface area contributed by atoms with E-state index >= 15 is 0 Å². The Kier molecular flexibility index (Phi) is 5.37. The van der Waals surface area contributed by atoms with Gasteiger partial charge >= 0.3 is 0 Å². The molecule has 20 heavy (non-hydrogen) atoms. The Hall–Kier alpha value is -2.08. The van der Waals surface area contributed by atoms with Gasteiger partial charge in [-0.05, 0) is 24.5 Å². The number of nitrogens with two attached hydrogens (primary N) is 1. The van der Waals surface area contributed by atoms with Crippen LogP contribution in [0.15, 0.2) is 40.8 Å². The quantitative estimate of drug-likeness (QED) is 0.487. The highest BCUT2D eigenvalue weighted by molar-refractivity contribution is 7.13. The van der Waals surface area contributed by atoms with Gasteiger partial charge in [-0.2, -0.15) is 0 Å². The van der Waals surface area contributed by atoms with Crippen molar-refractivity contribution in [2.24, 2.45) is 10.7 Å². The number of aromatic nitrogens is 1. The molecule has 0 spiro atoms. The molecule has 0 aliphatic carbocycles.